The lowest BCUT2D eigenvalue weighted by molar-refractivity contribution is -0.152. The molecule has 1 aliphatic heterocycles. The van der Waals surface area contributed by atoms with Gasteiger partial charge in [-0.05, 0) is 29.8 Å². The van der Waals surface area contributed by atoms with E-state index >= 15 is 0 Å². The molecule has 0 unspecified atom stereocenters. The zero-order valence-corrected chi connectivity index (χ0v) is 17.3. The van der Waals surface area contributed by atoms with Crippen LogP contribution in [0.25, 0.3) is 0 Å². The van der Waals surface area contributed by atoms with E-state index in [4.69, 9.17) is 13.6 Å². The molecule has 0 saturated heterocycles. The summed E-state index contributed by atoms with van der Waals surface area (Å²) in [5.74, 6) is -0.896. The Bertz CT molecular complexity index is 1020. The monoisotopic (exact) mass is 432 g/mol. The minimum Gasteiger partial charge on any atom is -0.497 e. The summed E-state index contributed by atoms with van der Waals surface area (Å²) in [6.45, 7) is 1.58. The molecule has 3 rings (SSSR count). The van der Waals surface area contributed by atoms with Gasteiger partial charge in [0.05, 0.1) is 33.9 Å². The third-order valence-corrected chi connectivity index (χ3v) is 5.97. The van der Waals surface area contributed by atoms with Crippen molar-refractivity contribution in [3.63, 3.8) is 0 Å². The van der Waals surface area contributed by atoms with E-state index in [1.165, 1.54) is 47.8 Å². The molecule has 30 heavy (non-hydrogen) atoms. The fourth-order valence-electron chi connectivity index (χ4n) is 3.16. The van der Waals surface area contributed by atoms with Gasteiger partial charge >= 0.3 is 5.97 Å². The number of anilines is 1. The minimum absolute atomic E-state index is 0.152. The number of fused-ring (bicyclic) bond motifs is 1. The van der Waals surface area contributed by atoms with Gasteiger partial charge in [0.1, 0.15) is 5.75 Å². The third kappa shape index (κ3) is 4.73. The van der Waals surface area contributed by atoms with E-state index in [9.17, 15) is 14.5 Å². The van der Waals surface area contributed by atoms with Crippen LogP contribution in [0.1, 0.15) is 21.8 Å². The quantitative estimate of drug-likeness (QED) is 0.376. The van der Waals surface area contributed by atoms with Crippen molar-refractivity contribution >= 4 is 29.3 Å². The van der Waals surface area contributed by atoms with E-state index in [-0.39, 0.29) is 18.8 Å². The summed E-state index contributed by atoms with van der Waals surface area (Å²) >= 11 is 1.36. The van der Waals surface area contributed by atoms with Crippen molar-refractivity contribution in [1.29, 1.82) is 0 Å². The average molecular weight is 433 g/mol. The second-order valence-corrected chi connectivity index (χ2v) is 7.84. The lowest BCUT2D eigenvalue weighted by Crippen LogP contribution is -2.45. The summed E-state index contributed by atoms with van der Waals surface area (Å²) in [6.07, 6.45) is -1.15. The number of likely N-dealkylation sites (N-methyl/N-ethyl adjacent to an activating group) is 1. The number of thioether (sulfide) groups is 1. The lowest BCUT2D eigenvalue weighted by Gasteiger charge is -2.28. The molecule has 1 aliphatic rings. The molecule has 2 aromatic rings. The number of methoxy groups -OCH3 is 1. The van der Waals surface area contributed by atoms with Gasteiger partial charge in [-0.2, -0.15) is 0 Å². The van der Waals surface area contributed by atoms with Crippen LogP contribution in [0.5, 0.6) is 5.75 Å². The summed E-state index contributed by atoms with van der Waals surface area (Å²) in [7, 11) is -1.08. The van der Waals surface area contributed by atoms with Crippen LogP contribution in [0.4, 0.5) is 5.69 Å². The average Bonchev–Trinajstić information content (AvgIpc) is 2.86. The zero-order chi connectivity index (χ0) is 24.2. The zero-order valence-electron chi connectivity index (χ0n) is 19.5. The van der Waals surface area contributed by atoms with Crippen LogP contribution in [0.15, 0.2) is 58.7 Å². The van der Waals surface area contributed by atoms with Crippen molar-refractivity contribution in [2.75, 3.05) is 32.1 Å². The van der Waals surface area contributed by atoms with E-state index in [0.29, 0.717) is 11.3 Å². The Morgan fingerprint density at radius 2 is 2.00 bits per heavy atom. The van der Waals surface area contributed by atoms with Crippen LogP contribution in [-0.2, 0) is 14.3 Å². The van der Waals surface area contributed by atoms with Gasteiger partial charge in [-0.25, -0.2) is 0 Å². The van der Waals surface area contributed by atoms with Gasteiger partial charge in [-0.1, -0.05) is 24.3 Å². The van der Waals surface area contributed by atoms with Crippen LogP contribution in [0.3, 0.4) is 0 Å². The second kappa shape index (κ2) is 9.62. The van der Waals surface area contributed by atoms with Crippen LogP contribution >= 0.6 is 11.8 Å². The number of carbonyl (C=O) groups excluding carboxylic acids is 2. The fourth-order valence-corrected chi connectivity index (χ4v) is 4.47. The fraction of sp³-hybridized carbons (Fsp3) is 0.333. The van der Waals surface area contributed by atoms with Crippen LogP contribution in [-0.4, -0.2) is 50.2 Å². The summed E-state index contributed by atoms with van der Waals surface area (Å²) < 4.78 is 32.1. The van der Waals surface area contributed by atoms with E-state index in [1.54, 1.807) is 24.3 Å². The van der Waals surface area contributed by atoms with Crippen molar-refractivity contribution in [1.82, 2.24) is 5.01 Å². The Morgan fingerprint density at radius 1 is 1.27 bits per heavy atom. The number of nitroso groups, excluding NO2 is 1. The number of carbonyl (C=O) groups is 2. The maximum absolute atomic E-state index is 13.6. The molecule has 0 N–H and O–H groups in total. The third-order valence-electron chi connectivity index (χ3n) is 4.60. The number of hydrogen-bond donors (Lipinski definition) is 0. The number of benzene rings is 2. The number of nitrogens with zero attached hydrogens (tertiary/aromatic N) is 3. The molecule has 0 bridgehead atoms. The van der Waals surface area contributed by atoms with Crippen molar-refractivity contribution in [3.8, 4) is 5.75 Å². The van der Waals surface area contributed by atoms with Crippen molar-refractivity contribution < 1.29 is 23.2 Å². The number of para-hydroxylation sites is 1. The summed E-state index contributed by atoms with van der Waals surface area (Å²) in [4.78, 5) is 38.6. The highest BCUT2D eigenvalue weighted by molar-refractivity contribution is 7.99. The van der Waals surface area contributed by atoms with Crippen LogP contribution < -0.4 is 9.64 Å². The summed E-state index contributed by atoms with van der Waals surface area (Å²) in [6, 6.07) is 13.6. The molecule has 158 valence electrons. The summed E-state index contributed by atoms with van der Waals surface area (Å²) in [5.41, 5.74) is 1.29. The highest BCUT2D eigenvalue weighted by atomic mass is 32.2. The van der Waals surface area contributed by atoms with Gasteiger partial charge < -0.3 is 14.4 Å². The van der Waals surface area contributed by atoms with Crippen molar-refractivity contribution in [2.24, 2.45) is 5.29 Å². The van der Waals surface area contributed by atoms with E-state index in [2.05, 4.69) is 5.29 Å². The first kappa shape index (κ1) is 17.8. The van der Waals surface area contributed by atoms with Gasteiger partial charge in [0.15, 0.2) is 6.10 Å². The summed E-state index contributed by atoms with van der Waals surface area (Å²) in [5, 5.41) is 3.42. The molecule has 0 aliphatic carbocycles. The van der Waals surface area contributed by atoms with Crippen LogP contribution in [0, 0.1) is 4.91 Å². The van der Waals surface area contributed by atoms with Crippen molar-refractivity contribution in [2.45, 2.75) is 23.2 Å². The van der Waals surface area contributed by atoms with Gasteiger partial charge in [-0.3, -0.25) is 14.6 Å². The SMILES string of the molecule is [2H]C([2H])([2H])Oc1ccc([C@@H]2Sc3ccccc3N(CCN(C)N=O)C(=O)[C@@H]2OC(C)=O)cc1. The molecule has 0 saturated carbocycles. The first-order valence-electron chi connectivity index (χ1n) is 10.7. The highest BCUT2D eigenvalue weighted by Crippen LogP contribution is 2.46. The highest BCUT2D eigenvalue weighted by Gasteiger charge is 2.40. The number of amides is 1. The molecular formula is C21H23N3O5S. The largest absolute Gasteiger partial charge is 0.497 e. The molecule has 0 fully saturated rings. The molecule has 1 heterocycles. The van der Waals surface area contributed by atoms with Gasteiger partial charge in [0, 0.05) is 25.4 Å². The maximum Gasteiger partial charge on any atom is 0.303 e. The van der Waals surface area contributed by atoms with Crippen molar-refractivity contribution in [3.05, 3.63) is 59.0 Å². The van der Waals surface area contributed by atoms with E-state index < -0.39 is 30.3 Å². The number of ether oxygens (including phenoxy) is 2. The van der Waals surface area contributed by atoms with Crippen LogP contribution in [0.2, 0.25) is 0 Å². The molecule has 1 amide bonds. The number of rotatable bonds is 7. The van der Waals surface area contributed by atoms with Gasteiger partial charge in [-0.15, -0.1) is 16.7 Å². The Hall–Kier alpha value is -3.07. The normalized spacial score (nSPS) is 20.1. The van der Waals surface area contributed by atoms with E-state index in [0.717, 1.165) is 4.90 Å². The molecule has 2 aromatic carbocycles. The molecular weight excluding hydrogens is 406 g/mol. The standard InChI is InChI=1S/C21H23N3O5S/c1-14(25)29-19-20(15-8-10-16(28-3)11-9-15)30-18-7-5-4-6-17(18)24(21(19)26)13-12-23(2)22-27/h4-11,19-20H,12-13H2,1-3H3/t19-,20+/m1/s1/i3D3. The predicted molar refractivity (Wildman–Crippen MR) is 114 cm³/mol. The molecule has 2 atom stereocenters. The van der Waals surface area contributed by atoms with Gasteiger partial charge in [0.25, 0.3) is 5.91 Å². The number of esters is 1. The Labute approximate surface area is 183 Å². The lowest BCUT2D eigenvalue weighted by atomic mass is 10.1. The maximum atomic E-state index is 13.6. The second-order valence-electron chi connectivity index (χ2n) is 6.66. The Balaban J connectivity index is 2.00. The molecule has 0 radical (unpaired) electrons. The Morgan fingerprint density at radius 3 is 2.67 bits per heavy atom. The number of hydrogen-bond acceptors (Lipinski definition) is 7. The minimum atomic E-state index is -2.59. The van der Waals surface area contributed by atoms with Gasteiger partial charge in [0.2, 0.25) is 0 Å². The molecule has 0 aromatic heterocycles. The first-order valence-corrected chi connectivity index (χ1v) is 10.0. The molecule has 8 nitrogen and oxygen atoms in total. The Kier molecular flexibility index (Phi) is 5.69. The van der Waals surface area contributed by atoms with E-state index in [1.807, 2.05) is 12.1 Å². The smallest absolute Gasteiger partial charge is 0.303 e. The predicted octanol–water partition coefficient (Wildman–Crippen LogP) is 3.42. The topological polar surface area (TPSA) is 88.5 Å². The molecule has 0 spiro atoms. The molecule has 9 heteroatoms. The first-order chi connectivity index (χ1) is 15.6.